The molecule has 0 amide bonds. The lowest BCUT2D eigenvalue weighted by molar-refractivity contribution is 0.115. The van der Waals surface area contributed by atoms with Gasteiger partial charge in [-0.05, 0) is 70.7 Å². The fourth-order valence-corrected chi connectivity index (χ4v) is 4.47. The van der Waals surface area contributed by atoms with Crippen molar-refractivity contribution >= 4 is 16.7 Å². The van der Waals surface area contributed by atoms with E-state index in [-0.39, 0.29) is 6.10 Å². The van der Waals surface area contributed by atoms with Gasteiger partial charge in [0, 0.05) is 49.2 Å². The van der Waals surface area contributed by atoms with Crippen LogP contribution in [0, 0.1) is 0 Å². The smallest absolute Gasteiger partial charge is 0.213 e. The fourth-order valence-electron chi connectivity index (χ4n) is 4.47. The Kier molecular flexibility index (Phi) is 6.65. The summed E-state index contributed by atoms with van der Waals surface area (Å²) >= 11 is 0. The molecule has 0 radical (unpaired) electrons. The topological polar surface area (TPSA) is 55.1 Å². The molecular formula is C27H33N5O2. The van der Waals surface area contributed by atoms with Crippen molar-refractivity contribution in [3.05, 3.63) is 54.9 Å². The molecule has 1 fully saturated rings. The van der Waals surface area contributed by atoms with E-state index in [0.29, 0.717) is 12.5 Å². The number of hydrogen-bond donors (Lipinski definition) is 0. The molecule has 0 saturated carbocycles. The monoisotopic (exact) mass is 459 g/mol. The molecule has 3 aromatic heterocycles. The van der Waals surface area contributed by atoms with E-state index in [9.17, 15) is 0 Å². The van der Waals surface area contributed by atoms with Crippen molar-refractivity contribution in [2.45, 2.75) is 25.4 Å². The zero-order valence-corrected chi connectivity index (χ0v) is 20.3. The minimum atomic E-state index is 0.241. The molecule has 0 spiro atoms. The Morgan fingerprint density at radius 2 is 1.85 bits per heavy atom. The largest absolute Gasteiger partial charge is 0.488 e. The highest BCUT2D eigenvalue weighted by atomic mass is 16.5. The van der Waals surface area contributed by atoms with Gasteiger partial charge in [-0.3, -0.25) is 4.40 Å². The van der Waals surface area contributed by atoms with Crippen molar-refractivity contribution < 1.29 is 9.47 Å². The second-order valence-electron chi connectivity index (χ2n) is 9.39. The van der Waals surface area contributed by atoms with Crippen LogP contribution in [0.15, 0.2) is 54.9 Å². The highest BCUT2D eigenvalue weighted by Gasteiger charge is 2.20. The molecule has 4 aromatic rings. The van der Waals surface area contributed by atoms with Crippen molar-refractivity contribution in [1.29, 1.82) is 0 Å². The third-order valence-electron chi connectivity index (χ3n) is 6.41. The van der Waals surface area contributed by atoms with Gasteiger partial charge in [-0.1, -0.05) is 6.07 Å². The summed E-state index contributed by atoms with van der Waals surface area (Å²) in [5.74, 6) is 1.56. The highest BCUT2D eigenvalue weighted by Crippen LogP contribution is 2.31. The molecule has 1 aliphatic rings. The Morgan fingerprint density at radius 1 is 1.03 bits per heavy atom. The van der Waals surface area contributed by atoms with E-state index in [1.54, 1.807) is 0 Å². The summed E-state index contributed by atoms with van der Waals surface area (Å²) in [7, 11) is 6.30. The first-order valence-electron chi connectivity index (χ1n) is 12.1. The lowest BCUT2D eigenvalue weighted by Crippen LogP contribution is -2.35. The minimum Gasteiger partial charge on any atom is -0.488 e. The number of rotatable bonds is 8. The lowest BCUT2D eigenvalue weighted by atomic mass is 10.1. The first-order chi connectivity index (χ1) is 16.6. The molecule has 0 aliphatic carbocycles. The quantitative estimate of drug-likeness (QED) is 0.365. The summed E-state index contributed by atoms with van der Waals surface area (Å²) in [6, 6.07) is 14.3. The van der Waals surface area contributed by atoms with E-state index in [4.69, 9.17) is 14.5 Å². The fraction of sp³-hybridized carbons (Fsp3) is 0.407. The second-order valence-corrected chi connectivity index (χ2v) is 9.39. The molecule has 7 nitrogen and oxygen atoms in total. The number of aromatic nitrogens is 3. The summed E-state index contributed by atoms with van der Waals surface area (Å²) in [4.78, 5) is 13.8. The second kappa shape index (κ2) is 9.99. The molecule has 7 heteroatoms. The maximum Gasteiger partial charge on any atom is 0.213 e. The summed E-state index contributed by atoms with van der Waals surface area (Å²) in [6.07, 6.45) is 7.31. The third-order valence-corrected chi connectivity index (χ3v) is 6.41. The number of pyridine rings is 2. The molecule has 5 rings (SSSR count). The number of ether oxygens (including phenoxy) is 2. The minimum absolute atomic E-state index is 0.241. The van der Waals surface area contributed by atoms with Crippen LogP contribution in [0.3, 0.4) is 0 Å². The van der Waals surface area contributed by atoms with Crippen molar-refractivity contribution in [1.82, 2.24) is 24.2 Å². The molecule has 0 bridgehead atoms. The molecule has 1 aliphatic heterocycles. The van der Waals surface area contributed by atoms with Gasteiger partial charge in [0.05, 0.1) is 12.1 Å². The van der Waals surface area contributed by atoms with Crippen LogP contribution >= 0.6 is 0 Å². The number of imidazole rings is 1. The van der Waals surface area contributed by atoms with Crippen molar-refractivity contribution in [2.24, 2.45) is 0 Å². The third kappa shape index (κ3) is 5.00. The molecule has 178 valence electrons. The Labute approximate surface area is 200 Å². The van der Waals surface area contributed by atoms with Crippen molar-refractivity contribution in [3.63, 3.8) is 0 Å². The molecule has 34 heavy (non-hydrogen) atoms. The normalized spacial score (nSPS) is 15.4. The van der Waals surface area contributed by atoms with Crippen LogP contribution in [-0.2, 0) is 0 Å². The number of benzene rings is 1. The standard InChI is InChI=1S/C27H33N5O2/c1-30(2)14-5-17-33-26-11-9-20(18-28-26)21-8-10-25-29-23-6-4-7-24(27(23)32(25)19-21)34-22-12-15-31(3)16-13-22/h4,6-11,18-19,22H,5,12-17H2,1-3H3. The zero-order chi connectivity index (χ0) is 23.5. The summed E-state index contributed by atoms with van der Waals surface area (Å²) in [6.45, 7) is 3.80. The van der Waals surface area contributed by atoms with Gasteiger partial charge in [0.25, 0.3) is 0 Å². The van der Waals surface area contributed by atoms with Gasteiger partial charge in [0.2, 0.25) is 5.88 Å². The molecule has 0 N–H and O–H groups in total. The van der Waals surface area contributed by atoms with E-state index in [2.05, 4.69) is 70.8 Å². The number of fused-ring (bicyclic) bond motifs is 3. The zero-order valence-electron chi connectivity index (χ0n) is 20.3. The number of piperidine rings is 1. The maximum atomic E-state index is 6.49. The summed E-state index contributed by atoms with van der Waals surface area (Å²) in [5.41, 5.74) is 4.99. The van der Waals surface area contributed by atoms with E-state index in [0.717, 1.165) is 72.5 Å². The van der Waals surface area contributed by atoms with Crippen molar-refractivity contribution in [2.75, 3.05) is 47.4 Å². The Bertz CT molecular complexity index is 1240. The average Bonchev–Trinajstić information content (AvgIpc) is 3.22. The van der Waals surface area contributed by atoms with E-state index in [1.807, 2.05) is 24.4 Å². The van der Waals surface area contributed by atoms with Gasteiger partial charge >= 0.3 is 0 Å². The summed E-state index contributed by atoms with van der Waals surface area (Å²) < 4.78 is 14.4. The van der Waals surface area contributed by atoms with Gasteiger partial charge in [0.1, 0.15) is 23.0 Å². The van der Waals surface area contributed by atoms with Gasteiger partial charge in [-0.25, -0.2) is 9.97 Å². The van der Waals surface area contributed by atoms with Crippen LogP contribution in [0.25, 0.3) is 27.8 Å². The first kappa shape index (κ1) is 22.6. The molecule has 0 unspecified atom stereocenters. The first-order valence-corrected chi connectivity index (χ1v) is 12.1. The van der Waals surface area contributed by atoms with Crippen LogP contribution in [-0.4, -0.2) is 77.7 Å². The molecule has 1 saturated heterocycles. The van der Waals surface area contributed by atoms with Gasteiger partial charge in [0.15, 0.2) is 0 Å². The Hall–Kier alpha value is -3.16. The number of likely N-dealkylation sites (tertiary alicyclic amines) is 1. The van der Waals surface area contributed by atoms with Gasteiger partial charge < -0.3 is 19.3 Å². The van der Waals surface area contributed by atoms with Crippen LogP contribution in [0.2, 0.25) is 0 Å². The van der Waals surface area contributed by atoms with E-state index < -0.39 is 0 Å². The number of para-hydroxylation sites is 1. The average molecular weight is 460 g/mol. The van der Waals surface area contributed by atoms with Gasteiger partial charge in [-0.2, -0.15) is 0 Å². The van der Waals surface area contributed by atoms with Crippen LogP contribution in [0.5, 0.6) is 11.6 Å². The molecule has 4 heterocycles. The lowest BCUT2D eigenvalue weighted by Gasteiger charge is -2.29. The van der Waals surface area contributed by atoms with Crippen LogP contribution < -0.4 is 9.47 Å². The maximum absolute atomic E-state index is 6.49. The van der Waals surface area contributed by atoms with Crippen LogP contribution in [0.1, 0.15) is 19.3 Å². The number of hydrogen-bond acceptors (Lipinski definition) is 6. The molecule has 0 atom stereocenters. The number of nitrogens with zero attached hydrogens (tertiary/aromatic N) is 5. The van der Waals surface area contributed by atoms with Crippen LogP contribution in [0.4, 0.5) is 0 Å². The SMILES string of the molecule is CN(C)CCCOc1ccc(-c2ccc3nc4cccc(OC5CCN(C)CC5)c4n3c2)cn1. The Morgan fingerprint density at radius 3 is 2.62 bits per heavy atom. The van der Waals surface area contributed by atoms with Crippen molar-refractivity contribution in [3.8, 4) is 22.8 Å². The summed E-state index contributed by atoms with van der Waals surface area (Å²) in [5, 5.41) is 0. The van der Waals surface area contributed by atoms with Gasteiger partial charge in [-0.15, -0.1) is 0 Å². The Balaban J connectivity index is 1.38. The van der Waals surface area contributed by atoms with E-state index >= 15 is 0 Å². The highest BCUT2D eigenvalue weighted by molar-refractivity contribution is 5.87. The predicted molar refractivity (Wildman–Crippen MR) is 136 cm³/mol. The molecular weight excluding hydrogens is 426 g/mol. The predicted octanol–water partition coefficient (Wildman–Crippen LogP) is 4.35. The van der Waals surface area contributed by atoms with E-state index in [1.165, 1.54) is 0 Å². The molecule has 1 aromatic carbocycles.